The van der Waals surface area contributed by atoms with Gasteiger partial charge in [-0.05, 0) is 67.1 Å². The number of aromatic nitrogens is 1. The molecule has 2 aromatic rings. The van der Waals surface area contributed by atoms with Crippen molar-refractivity contribution in [1.82, 2.24) is 9.88 Å². The standard InChI is InChI=1S/C30H46FN3O2Si/c1-7-24-11-15-32-27(21-24)34-18-20-35-30(23-34)13-16-33(17-14-30)22-26-10-8-9-25(28(26)31)12-19-36-37(5,6)29(2,3)4/h8-11,15,21H,7,12-14,16-20,22-23H2,1-6H3. The van der Waals surface area contributed by atoms with Crippen LogP contribution in [0.3, 0.4) is 0 Å². The third-order valence-electron chi connectivity index (χ3n) is 8.75. The largest absolute Gasteiger partial charge is 0.416 e. The van der Waals surface area contributed by atoms with Gasteiger partial charge in [0.05, 0.1) is 12.2 Å². The van der Waals surface area contributed by atoms with Crippen molar-refractivity contribution < 1.29 is 13.6 Å². The molecule has 2 aliphatic rings. The zero-order chi connectivity index (χ0) is 26.7. The Bertz CT molecular complexity index is 1050. The Morgan fingerprint density at radius 1 is 1.11 bits per heavy atom. The van der Waals surface area contributed by atoms with E-state index in [4.69, 9.17) is 9.16 Å². The van der Waals surface area contributed by atoms with Crippen LogP contribution in [0.1, 0.15) is 57.2 Å². The van der Waals surface area contributed by atoms with Gasteiger partial charge in [0, 0.05) is 51.1 Å². The molecule has 0 N–H and O–H groups in total. The first-order valence-electron chi connectivity index (χ1n) is 14.0. The smallest absolute Gasteiger partial charge is 0.191 e. The van der Waals surface area contributed by atoms with E-state index in [9.17, 15) is 0 Å². The highest BCUT2D eigenvalue weighted by Crippen LogP contribution is 2.37. The molecule has 0 aliphatic carbocycles. The lowest BCUT2D eigenvalue weighted by Crippen LogP contribution is -2.57. The monoisotopic (exact) mass is 527 g/mol. The number of benzene rings is 1. The molecule has 0 radical (unpaired) electrons. The van der Waals surface area contributed by atoms with Crippen LogP contribution in [0.15, 0.2) is 36.5 Å². The van der Waals surface area contributed by atoms with E-state index in [0.29, 0.717) is 19.6 Å². The third kappa shape index (κ3) is 6.80. The highest BCUT2D eigenvalue weighted by Gasteiger charge is 2.40. The predicted molar refractivity (Wildman–Crippen MR) is 152 cm³/mol. The van der Waals surface area contributed by atoms with Crippen LogP contribution in [0, 0.1) is 5.82 Å². The molecular weight excluding hydrogens is 481 g/mol. The van der Waals surface area contributed by atoms with E-state index in [2.05, 4.69) is 67.7 Å². The Hall–Kier alpha value is -1.80. The number of pyridine rings is 1. The van der Waals surface area contributed by atoms with Gasteiger partial charge in [-0.25, -0.2) is 9.37 Å². The first kappa shape index (κ1) is 28.2. The number of morpholine rings is 1. The van der Waals surface area contributed by atoms with Gasteiger partial charge in [-0.2, -0.15) is 0 Å². The second-order valence-corrected chi connectivity index (χ2v) is 17.2. The molecule has 0 unspecified atom stereocenters. The molecule has 3 heterocycles. The van der Waals surface area contributed by atoms with E-state index < -0.39 is 8.32 Å². The molecule has 204 valence electrons. The number of piperidine rings is 1. The summed E-state index contributed by atoms with van der Waals surface area (Å²) in [6.07, 6.45) is 5.46. The summed E-state index contributed by atoms with van der Waals surface area (Å²) in [5.41, 5.74) is 2.72. The van der Waals surface area contributed by atoms with Crippen LogP contribution in [0.5, 0.6) is 0 Å². The number of rotatable bonds is 8. The molecule has 0 atom stereocenters. The normalized spacial score (nSPS) is 18.9. The summed E-state index contributed by atoms with van der Waals surface area (Å²) in [6, 6.07) is 10.1. The van der Waals surface area contributed by atoms with Gasteiger partial charge < -0.3 is 14.1 Å². The van der Waals surface area contributed by atoms with E-state index in [0.717, 1.165) is 69.0 Å². The van der Waals surface area contributed by atoms with Gasteiger partial charge in [0.1, 0.15) is 11.6 Å². The van der Waals surface area contributed by atoms with Crippen LogP contribution in [0.4, 0.5) is 10.2 Å². The zero-order valence-electron chi connectivity index (χ0n) is 23.8. The minimum absolute atomic E-state index is 0.0661. The van der Waals surface area contributed by atoms with Gasteiger partial charge in [0.2, 0.25) is 0 Å². The fraction of sp³-hybridized carbons (Fsp3) is 0.633. The highest BCUT2D eigenvalue weighted by molar-refractivity contribution is 6.74. The molecule has 37 heavy (non-hydrogen) atoms. The minimum Gasteiger partial charge on any atom is -0.416 e. The molecule has 5 nitrogen and oxygen atoms in total. The van der Waals surface area contributed by atoms with Crippen molar-refractivity contribution >= 4 is 14.1 Å². The SMILES string of the molecule is CCc1ccnc(N2CCOC3(CCN(Cc4cccc(CCO[Si](C)(C)C(C)(C)C)c4F)CC3)C2)c1. The first-order valence-corrected chi connectivity index (χ1v) is 16.9. The van der Waals surface area contributed by atoms with Crippen molar-refractivity contribution in [3.63, 3.8) is 0 Å². The van der Waals surface area contributed by atoms with Gasteiger partial charge in [-0.15, -0.1) is 0 Å². The van der Waals surface area contributed by atoms with Crippen molar-refractivity contribution in [2.24, 2.45) is 0 Å². The Labute approximate surface area is 224 Å². The third-order valence-corrected chi connectivity index (χ3v) is 13.3. The number of halogens is 1. The van der Waals surface area contributed by atoms with Crippen LogP contribution in [-0.2, 0) is 28.5 Å². The van der Waals surface area contributed by atoms with Crippen LogP contribution >= 0.6 is 0 Å². The number of likely N-dealkylation sites (tertiary alicyclic amines) is 1. The summed E-state index contributed by atoms with van der Waals surface area (Å²) in [4.78, 5) is 9.39. The summed E-state index contributed by atoms with van der Waals surface area (Å²) in [5, 5.41) is 0.161. The van der Waals surface area contributed by atoms with Crippen LogP contribution < -0.4 is 4.90 Å². The Morgan fingerprint density at radius 3 is 2.54 bits per heavy atom. The molecular formula is C30H46FN3O2Si. The molecule has 4 rings (SSSR count). The Balaban J connectivity index is 1.32. The maximum Gasteiger partial charge on any atom is 0.191 e. The number of anilines is 1. The summed E-state index contributed by atoms with van der Waals surface area (Å²) in [6.45, 7) is 18.9. The Morgan fingerprint density at radius 2 is 1.84 bits per heavy atom. The molecule has 2 fully saturated rings. The quantitative estimate of drug-likeness (QED) is 0.381. The summed E-state index contributed by atoms with van der Waals surface area (Å²) in [7, 11) is -1.83. The van der Waals surface area contributed by atoms with Crippen LogP contribution in [-0.4, -0.2) is 63.2 Å². The molecule has 2 aliphatic heterocycles. The van der Waals surface area contributed by atoms with E-state index in [1.54, 1.807) is 0 Å². The van der Waals surface area contributed by atoms with Gasteiger partial charge in [0.15, 0.2) is 8.32 Å². The van der Waals surface area contributed by atoms with Crippen LogP contribution in [0.25, 0.3) is 0 Å². The van der Waals surface area contributed by atoms with Gasteiger partial charge in [0.25, 0.3) is 0 Å². The Kier molecular flexibility index (Phi) is 8.78. The maximum absolute atomic E-state index is 15.4. The highest BCUT2D eigenvalue weighted by atomic mass is 28.4. The molecule has 1 aromatic heterocycles. The molecule has 1 spiro atoms. The summed E-state index contributed by atoms with van der Waals surface area (Å²) >= 11 is 0. The van der Waals surface area contributed by atoms with E-state index in [1.165, 1.54) is 5.56 Å². The number of hydrogen-bond donors (Lipinski definition) is 0. The average molecular weight is 528 g/mol. The molecule has 0 bridgehead atoms. The molecule has 2 saturated heterocycles. The summed E-state index contributed by atoms with van der Waals surface area (Å²) < 4.78 is 28.1. The number of ether oxygens (including phenoxy) is 1. The average Bonchev–Trinajstić information content (AvgIpc) is 2.87. The van der Waals surface area contributed by atoms with Crippen LogP contribution in [0.2, 0.25) is 18.1 Å². The molecule has 0 amide bonds. The van der Waals surface area contributed by atoms with Crippen molar-refractivity contribution in [2.75, 3.05) is 44.3 Å². The fourth-order valence-corrected chi connectivity index (χ4v) is 6.18. The van der Waals surface area contributed by atoms with E-state index >= 15 is 4.39 Å². The van der Waals surface area contributed by atoms with Gasteiger partial charge in [-0.3, -0.25) is 4.90 Å². The molecule has 1 aromatic carbocycles. The first-order chi connectivity index (χ1) is 17.5. The lowest BCUT2D eigenvalue weighted by atomic mass is 9.89. The second kappa shape index (κ2) is 11.5. The van der Waals surface area contributed by atoms with Crippen molar-refractivity contribution in [1.29, 1.82) is 0 Å². The lowest BCUT2D eigenvalue weighted by molar-refractivity contribution is -0.0923. The minimum atomic E-state index is -1.83. The van der Waals surface area contributed by atoms with Gasteiger partial charge >= 0.3 is 0 Å². The predicted octanol–water partition coefficient (Wildman–Crippen LogP) is 6.22. The molecule has 7 heteroatoms. The van der Waals surface area contributed by atoms with E-state index in [1.807, 2.05) is 24.4 Å². The van der Waals surface area contributed by atoms with Crippen molar-refractivity contribution in [3.8, 4) is 0 Å². The number of hydrogen-bond acceptors (Lipinski definition) is 5. The summed E-state index contributed by atoms with van der Waals surface area (Å²) in [5.74, 6) is 0.990. The second-order valence-electron chi connectivity index (χ2n) is 12.4. The van der Waals surface area contributed by atoms with Crippen molar-refractivity contribution in [2.45, 2.75) is 83.7 Å². The zero-order valence-corrected chi connectivity index (χ0v) is 24.8. The maximum atomic E-state index is 15.4. The molecule has 0 saturated carbocycles. The van der Waals surface area contributed by atoms with E-state index in [-0.39, 0.29) is 16.5 Å². The van der Waals surface area contributed by atoms with Gasteiger partial charge in [-0.1, -0.05) is 45.9 Å². The number of nitrogens with zero attached hydrogens (tertiary/aromatic N) is 3. The number of aryl methyl sites for hydroxylation is 1. The fourth-order valence-electron chi connectivity index (χ4n) is 5.14. The topological polar surface area (TPSA) is 37.8 Å². The lowest BCUT2D eigenvalue weighted by Gasteiger charge is -2.47. The van der Waals surface area contributed by atoms with Crippen molar-refractivity contribution in [3.05, 3.63) is 59.0 Å².